The normalized spacial score (nSPS) is 13.4. The highest BCUT2D eigenvalue weighted by atomic mass is 32.1. The molecule has 0 N–H and O–H groups in total. The fourth-order valence-corrected chi connectivity index (χ4v) is 1.64. The van der Waals surface area contributed by atoms with Crippen LogP contribution in [0.5, 0.6) is 0 Å². The van der Waals surface area contributed by atoms with Crippen molar-refractivity contribution in [1.82, 2.24) is 4.98 Å². The van der Waals surface area contributed by atoms with Crippen LogP contribution in [0, 0.1) is 5.92 Å². The van der Waals surface area contributed by atoms with Crippen LogP contribution < -0.4 is 0 Å². The molecular weight excluding hydrogens is 162 g/mol. The summed E-state index contributed by atoms with van der Waals surface area (Å²) >= 11 is 5.93. The zero-order chi connectivity index (χ0) is 7.40. The van der Waals surface area contributed by atoms with Gasteiger partial charge in [0.05, 0.1) is 5.51 Å². The summed E-state index contributed by atoms with van der Waals surface area (Å²) in [6, 6.07) is 0. The summed E-state index contributed by atoms with van der Waals surface area (Å²) in [5, 5.41) is 0. The van der Waals surface area contributed by atoms with E-state index >= 15 is 0 Å². The zero-order valence-corrected chi connectivity index (χ0v) is 7.66. The number of hydrogen-bond donors (Lipinski definition) is 1. The number of aromatic nitrogens is 1. The second kappa shape index (κ2) is 3.98. The molecule has 0 saturated heterocycles. The average molecular weight is 173 g/mol. The van der Waals surface area contributed by atoms with E-state index in [1.54, 1.807) is 11.3 Å². The maximum absolute atomic E-state index is 4.21. The van der Waals surface area contributed by atoms with Crippen molar-refractivity contribution in [1.29, 1.82) is 0 Å². The van der Waals surface area contributed by atoms with Gasteiger partial charge in [0.2, 0.25) is 0 Å². The molecule has 0 bridgehead atoms. The highest BCUT2D eigenvalue weighted by molar-refractivity contribution is 7.80. The molecular formula is C7H11NS2. The monoisotopic (exact) mass is 173 g/mol. The van der Waals surface area contributed by atoms with Crippen molar-refractivity contribution in [3.05, 3.63) is 16.6 Å². The summed E-state index contributed by atoms with van der Waals surface area (Å²) in [5.74, 6) is 1.63. The molecule has 1 aromatic rings. The van der Waals surface area contributed by atoms with Crippen molar-refractivity contribution in [2.45, 2.75) is 13.3 Å². The molecule has 0 radical (unpaired) electrons. The van der Waals surface area contributed by atoms with Gasteiger partial charge in [-0.3, -0.25) is 4.98 Å². The van der Waals surface area contributed by atoms with Gasteiger partial charge in [-0.1, -0.05) is 6.92 Å². The number of thiazole rings is 1. The Morgan fingerprint density at radius 3 is 3.10 bits per heavy atom. The van der Waals surface area contributed by atoms with Gasteiger partial charge in [0.15, 0.2) is 0 Å². The van der Waals surface area contributed by atoms with E-state index in [9.17, 15) is 0 Å². The quantitative estimate of drug-likeness (QED) is 0.692. The fraction of sp³-hybridized carbons (Fsp3) is 0.571. The Kier molecular flexibility index (Phi) is 3.22. The van der Waals surface area contributed by atoms with Crippen LogP contribution in [-0.4, -0.2) is 10.7 Å². The molecule has 0 aliphatic carbocycles. The molecule has 0 unspecified atom stereocenters. The van der Waals surface area contributed by atoms with Crippen LogP contribution in [0.2, 0.25) is 0 Å². The van der Waals surface area contributed by atoms with E-state index in [0.717, 1.165) is 12.2 Å². The predicted octanol–water partition coefficient (Wildman–Crippen LogP) is 2.25. The molecule has 0 spiro atoms. The van der Waals surface area contributed by atoms with Crippen LogP contribution in [0.1, 0.15) is 11.8 Å². The molecule has 0 amide bonds. The van der Waals surface area contributed by atoms with E-state index in [1.807, 2.05) is 11.7 Å². The smallest absolute Gasteiger partial charge is 0.0794 e. The van der Waals surface area contributed by atoms with E-state index < -0.39 is 0 Å². The van der Waals surface area contributed by atoms with Crippen LogP contribution in [0.15, 0.2) is 11.7 Å². The molecule has 56 valence electrons. The number of rotatable bonds is 3. The SMILES string of the molecule is C[C@@H](CS)Cc1cncs1. The van der Waals surface area contributed by atoms with Gasteiger partial charge in [-0.25, -0.2) is 0 Å². The second-order valence-electron chi connectivity index (χ2n) is 2.46. The molecule has 0 aliphatic heterocycles. The van der Waals surface area contributed by atoms with Crippen molar-refractivity contribution in [2.75, 3.05) is 5.75 Å². The van der Waals surface area contributed by atoms with Crippen LogP contribution in [0.3, 0.4) is 0 Å². The summed E-state index contributed by atoms with van der Waals surface area (Å²) in [6.07, 6.45) is 3.05. The summed E-state index contributed by atoms with van der Waals surface area (Å²) in [5.41, 5.74) is 1.88. The van der Waals surface area contributed by atoms with Gasteiger partial charge in [-0.05, 0) is 18.1 Å². The van der Waals surface area contributed by atoms with Crippen LogP contribution >= 0.6 is 24.0 Å². The Morgan fingerprint density at radius 2 is 2.60 bits per heavy atom. The average Bonchev–Trinajstić information content (AvgIpc) is 2.40. The topological polar surface area (TPSA) is 12.9 Å². The predicted molar refractivity (Wildman–Crippen MR) is 48.8 cm³/mol. The first-order chi connectivity index (χ1) is 4.83. The lowest BCUT2D eigenvalue weighted by Crippen LogP contribution is -1.98. The van der Waals surface area contributed by atoms with E-state index in [1.165, 1.54) is 4.88 Å². The van der Waals surface area contributed by atoms with Crippen LogP contribution in [-0.2, 0) is 6.42 Å². The molecule has 10 heavy (non-hydrogen) atoms. The molecule has 0 aromatic carbocycles. The lowest BCUT2D eigenvalue weighted by molar-refractivity contribution is 0.667. The van der Waals surface area contributed by atoms with Crippen molar-refractivity contribution < 1.29 is 0 Å². The molecule has 1 aromatic heterocycles. The van der Waals surface area contributed by atoms with Gasteiger partial charge in [0, 0.05) is 11.1 Å². The van der Waals surface area contributed by atoms with Gasteiger partial charge < -0.3 is 0 Å². The van der Waals surface area contributed by atoms with Crippen LogP contribution in [0.4, 0.5) is 0 Å². The first kappa shape index (κ1) is 8.08. The first-order valence-corrected chi connectivity index (χ1v) is 4.82. The van der Waals surface area contributed by atoms with E-state index in [4.69, 9.17) is 0 Å². The van der Waals surface area contributed by atoms with Gasteiger partial charge in [-0.15, -0.1) is 11.3 Å². The highest BCUT2D eigenvalue weighted by Crippen LogP contribution is 2.12. The van der Waals surface area contributed by atoms with E-state index in [0.29, 0.717) is 5.92 Å². The third kappa shape index (κ3) is 2.31. The number of hydrogen-bond acceptors (Lipinski definition) is 3. The van der Waals surface area contributed by atoms with Gasteiger partial charge in [0.25, 0.3) is 0 Å². The Morgan fingerprint density at radius 1 is 1.80 bits per heavy atom. The second-order valence-corrected chi connectivity index (χ2v) is 3.80. The molecule has 0 saturated carbocycles. The minimum Gasteiger partial charge on any atom is -0.253 e. The largest absolute Gasteiger partial charge is 0.253 e. The van der Waals surface area contributed by atoms with E-state index in [-0.39, 0.29) is 0 Å². The van der Waals surface area contributed by atoms with Crippen LogP contribution in [0.25, 0.3) is 0 Å². The van der Waals surface area contributed by atoms with Crippen molar-refractivity contribution in [3.63, 3.8) is 0 Å². The Balaban J connectivity index is 2.40. The zero-order valence-electron chi connectivity index (χ0n) is 5.95. The molecule has 1 nitrogen and oxygen atoms in total. The standard InChI is InChI=1S/C7H11NS2/c1-6(4-9)2-7-3-8-5-10-7/h3,5-6,9H,2,4H2,1H3/t6-/m1/s1. The maximum atomic E-state index is 4.21. The lowest BCUT2D eigenvalue weighted by atomic mass is 10.1. The van der Waals surface area contributed by atoms with Gasteiger partial charge in [-0.2, -0.15) is 12.6 Å². The molecule has 0 fully saturated rings. The van der Waals surface area contributed by atoms with Gasteiger partial charge in [0.1, 0.15) is 0 Å². The molecule has 3 heteroatoms. The number of nitrogens with zero attached hydrogens (tertiary/aromatic N) is 1. The Labute approximate surface area is 70.9 Å². The minimum atomic E-state index is 0.670. The molecule has 1 rings (SSSR count). The van der Waals surface area contributed by atoms with Crippen molar-refractivity contribution in [2.24, 2.45) is 5.92 Å². The van der Waals surface area contributed by atoms with E-state index in [2.05, 4.69) is 24.5 Å². The molecule has 1 atom stereocenters. The Hall–Kier alpha value is -0.0200. The third-order valence-electron chi connectivity index (χ3n) is 1.34. The summed E-state index contributed by atoms with van der Waals surface area (Å²) < 4.78 is 0. The summed E-state index contributed by atoms with van der Waals surface area (Å²) in [4.78, 5) is 5.37. The Bertz CT molecular complexity index is 172. The summed E-state index contributed by atoms with van der Waals surface area (Å²) in [7, 11) is 0. The highest BCUT2D eigenvalue weighted by Gasteiger charge is 2.01. The van der Waals surface area contributed by atoms with Gasteiger partial charge >= 0.3 is 0 Å². The molecule has 0 aliphatic rings. The van der Waals surface area contributed by atoms with Crippen molar-refractivity contribution in [3.8, 4) is 0 Å². The lowest BCUT2D eigenvalue weighted by Gasteiger charge is -2.03. The summed E-state index contributed by atoms with van der Waals surface area (Å²) in [6.45, 7) is 2.20. The molecule has 1 heterocycles. The number of thiol groups is 1. The minimum absolute atomic E-state index is 0.670. The third-order valence-corrected chi connectivity index (χ3v) is 2.77. The first-order valence-electron chi connectivity index (χ1n) is 3.31. The maximum Gasteiger partial charge on any atom is 0.0794 e. The fourth-order valence-electron chi connectivity index (χ4n) is 0.751. The van der Waals surface area contributed by atoms with Crippen molar-refractivity contribution >= 4 is 24.0 Å².